The number of aryl methyl sites for hydroxylation is 2. The summed E-state index contributed by atoms with van der Waals surface area (Å²) < 4.78 is 32.2. The molecule has 0 saturated carbocycles. The minimum atomic E-state index is -3.47. The van der Waals surface area contributed by atoms with Gasteiger partial charge in [-0.3, -0.25) is 5.10 Å². The number of H-pyrrole nitrogens is 1. The molecule has 0 amide bonds. The molecule has 2 N–H and O–H groups in total. The van der Waals surface area contributed by atoms with Crippen molar-refractivity contribution < 1.29 is 13.2 Å². The third-order valence-corrected chi connectivity index (χ3v) is 4.83. The van der Waals surface area contributed by atoms with Crippen LogP contribution in [-0.2, 0) is 14.8 Å². The van der Waals surface area contributed by atoms with Gasteiger partial charge in [0.05, 0.1) is 17.5 Å². The molecular weight excluding hydrogens is 254 g/mol. The highest BCUT2D eigenvalue weighted by molar-refractivity contribution is 7.89. The summed E-state index contributed by atoms with van der Waals surface area (Å²) in [5, 5.41) is 6.58. The van der Waals surface area contributed by atoms with E-state index < -0.39 is 10.0 Å². The van der Waals surface area contributed by atoms with Crippen LogP contribution < -0.4 is 4.72 Å². The van der Waals surface area contributed by atoms with Crippen molar-refractivity contribution >= 4 is 10.0 Å². The SMILES string of the molecule is Cc1n[nH]c(C)c1S(=O)(=O)NCCC1CCCO1. The fourth-order valence-electron chi connectivity index (χ4n) is 2.24. The van der Waals surface area contributed by atoms with E-state index in [0.717, 1.165) is 25.9 Å². The maximum absolute atomic E-state index is 12.1. The molecule has 102 valence electrons. The lowest BCUT2D eigenvalue weighted by Crippen LogP contribution is -2.28. The van der Waals surface area contributed by atoms with Crippen molar-refractivity contribution in [3.05, 3.63) is 11.4 Å². The number of hydrogen-bond donors (Lipinski definition) is 2. The minimum Gasteiger partial charge on any atom is -0.378 e. The second-order valence-electron chi connectivity index (χ2n) is 4.58. The Hall–Kier alpha value is -0.920. The van der Waals surface area contributed by atoms with E-state index in [-0.39, 0.29) is 11.0 Å². The summed E-state index contributed by atoms with van der Waals surface area (Å²) in [6.07, 6.45) is 3.00. The Morgan fingerprint density at radius 1 is 1.50 bits per heavy atom. The maximum Gasteiger partial charge on any atom is 0.244 e. The van der Waals surface area contributed by atoms with Crippen molar-refractivity contribution in [1.29, 1.82) is 0 Å². The van der Waals surface area contributed by atoms with Gasteiger partial charge in [0.15, 0.2) is 0 Å². The third kappa shape index (κ3) is 2.90. The van der Waals surface area contributed by atoms with Gasteiger partial charge in [0.25, 0.3) is 0 Å². The number of hydrogen-bond acceptors (Lipinski definition) is 4. The van der Waals surface area contributed by atoms with E-state index in [1.54, 1.807) is 13.8 Å². The molecule has 2 heterocycles. The Morgan fingerprint density at radius 3 is 2.83 bits per heavy atom. The first-order chi connectivity index (χ1) is 8.50. The van der Waals surface area contributed by atoms with E-state index >= 15 is 0 Å². The number of aromatic amines is 1. The van der Waals surface area contributed by atoms with Gasteiger partial charge >= 0.3 is 0 Å². The monoisotopic (exact) mass is 273 g/mol. The molecule has 0 spiro atoms. The van der Waals surface area contributed by atoms with Gasteiger partial charge in [-0.15, -0.1) is 0 Å². The van der Waals surface area contributed by atoms with E-state index in [0.29, 0.717) is 17.9 Å². The third-order valence-electron chi connectivity index (χ3n) is 3.11. The van der Waals surface area contributed by atoms with Gasteiger partial charge in [-0.05, 0) is 33.1 Å². The zero-order valence-corrected chi connectivity index (χ0v) is 11.5. The van der Waals surface area contributed by atoms with Crippen LogP contribution in [0.1, 0.15) is 30.7 Å². The Balaban J connectivity index is 1.95. The summed E-state index contributed by atoms with van der Waals surface area (Å²) in [7, 11) is -3.47. The van der Waals surface area contributed by atoms with Gasteiger partial charge < -0.3 is 4.74 Å². The fraction of sp³-hybridized carbons (Fsp3) is 0.727. The van der Waals surface area contributed by atoms with Crippen molar-refractivity contribution in [2.45, 2.75) is 44.1 Å². The molecule has 7 heteroatoms. The van der Waals surface area contributed by atoms with Crippen LogP contribution in [0, 0.1) is 13.8 Å². The van der Waals surface area contributed by atoms with Crippen molar-refractivity contribution in [3.8, 4) is 0 Å². The molecule has 1 aromatic heterocycles. The molecule has 1 aliphatic heterocycles. The lowest BCUT2D eigenvalue weighted by atomic mass is 10.2. The quantitative estimate of drug-likeness (QED) is 0.834. The molecule has 0 aromatic carbocycles. The number of nitrogens with one attached hydrogen (secondary N) is 2. The van der Waals surface area contributed by atoms with Gasteiger partial charge in [0.2, 0.25) is 10.0 Å². The van der Waals surface area contributed by atoms with Gasteiger partial charge in [0, 0.05) is 13.2 Å². The van der Waals surface area contributed by atoms with Crippen LogP contribution in [-0.4, -0.2) is 37.9 Å². The van der Waals surface area contributed by atoms with Crippen molar-refractivity contribution in [2.75, 3.05) is 13.2 Å². The van der Waals surface area contributed by atoms with Gasteiger partial charge in [-0.1, -0.05) is 0 Å². The molecule has 1 atom stereocenters. The summed E-state index contributed by atoms with van der Waals surface area (Å²) in [5.74, 6) is 0. The number of aromatic nitrogens is 2. The summed E-state index contributed by atoms with van der Waals surface area (Å²) in [5.41, 5.74) is 1.06. The zero-order valence-electron chi connectivity index (χ0n) is 10.7. The standard InChI is InChI=1S/C11H19N3O3S/c1-8-11(9(2)14-13-8)18(15,16)12-6-5-10-4-3-7-17-10/h10,12H,3-7H2,1-2H3,(H,13,14). The van der Waals surface area contributed by atoms with Crippen LogP contribution in [0.15, 0.2) is 4.90 Å². The Kier molecular flexibility index (Phi) is 4.04. The van der Waals surface area contributed by atoms with E-state index in [9.17, 15) is 8.42 Å². The van der Waals surface area contributed by atoms with Crippen LogP contribution in [0.2, 0.25) is 0 Å². The van der Waals surface area contributed by atoms with E-state index in [4.69, 9.17) is 4.74 Å². The van der Waals surface area contributed by atoms with Crippen LogP contribution in [0.25, 0.3) is 0 Å². The number of nitrogens with zero attached hydrogens (tertiary/aromatic N) is 1. The van der Waals surface area contributed by atoms with Crippen LogP contribution in [0.5, 0.6) is 0 Å². The normalized spacial score (nSPS) is 20.4. The summed E-state index contributed by atoms with van der Waals surface area (Å²) in [6.45, 7) is 4.57. The number of rotatable bonds is 5. The largest absolute Gasteiger partial charge is 0.378 e. The van der Waals surface area contributed by atoms with E-state index in [1.807, 2.05) is 0 Å². The van der Waals surface area contributed by atoms with Gasteiger partial charge in [-0.25, -0.2) is 13.1 Å². The highest BCUT2D eigenvalue weighted by atomic mass is 32.2. The predicted octanol–water partition coefficient (Wildman–Crippen LogP) is 0.874. The second-order valence-corrected chi connectivity index (χ2v) is 6.29. The molecule has 1 aromatic rings. The highest BCUT2D eigenvalue weighted by Gasteiger charge is 2.22. The summed E-state index contributed by atoms with van der Waals surface area (Å²) >= 11 is 0. The number of ether oxygens (including phenoxy) is 1. The molecule has 1 saturated heterocycles. The average molecular weight is 273 g/mol. The number of sulfonamides is 1. The highest BCUT2D eigenvalue weighted by Crippen LogP contribution is 2.17. The Bertz CT molecular complexity index is 484. The smallest absolute Gasteiger partial charge is 0.244 e. The Morgan fingerprint density at radius 2 is 2.28 bits per heavy atom. The molecule has 1 unspecified atom stereocenters. The molecule has 0 radical (unpaired) electrons. The minimum absolute atomic E-state index is 0.194. The molecule has 6 nitrogen and oxygen atoms in total. The lowest BCUT2D eigenvalue weighted by Gasteiger charge is -2.10. The average Bonchev–Trinajstić information content (AvgIpc) is 2.89. The molecule has 1 aliphatic rings. The second kappa shape index (κ2) is 5.38. The molecule has 2 rings (SSSR count). The predicted molar refractivity (Wildman–Crippen MR) is 66.8 cm³/mol. The summed E-state index contributed by atoms with van der Waals surface area (Å²) in [6, 6.07) is 0. The zero-order chi connectivity index (χ0) is 13.2. The fourth-order valence-corrected chi connectivity index (χ4v) is 3.65. The van der Waals surface area contributed by atoms with E-state index in [2.05, 4.69) is 14.9 Å². The van der Waals surface area contributed by atoms with Gasteiger partial charge in [-0.2, -0.15) is 5.10 Å². The molecule has 18 heavy (non-hydrogen) atoms. The first-order valence-corrected chi connectivity index (χ1v) is 7.62. The molecule has 1 fully saturated rings. The summed E-state index contributed by atoms with van der Waals surface area (Å²) in [4.78, 5) is 0.259. The Labute approximate surface area is 107 Å². The van der Waals surface area contributed by atoms with E-state index in [1.165, 1.54) is 0 Å². The molecular formula is C11H19N3O3S. The topological polar surface area (TPSA) is 84.1 Å². The lowest BCUT2D eigenvalue weighted by molar-refractivity contribution is 0.105. The van der Waals surface area contributed by atoms with Crippen LogP contribution >= 0.6 is 0 Å². The van der Waals surface area contributed by atoms with Crippen molar-refractivity contribution in [2.24, 2.45) is 0 Å². The maximum atomic E-state index is 12.1. The van der Waals surface area contributed by atoms with Crippen molar-refractivity contribution in [1.82, 2.24) is 14.9 Å². The van der Waals surface area contributed by atoms with Gasteiger partial charge in [0.1, 0.15) is 4.90 Å². The first-order valence-electron chi connectivity index (χ1n) is 6.13. The molecule has 0 bridgehead atoms. The van der Waals surface area contributed by atoms with Crippen molar-refractivity contribution in [3.63, 3.8) is 0 Å². The first kappa shape index (κ1) is 13.5. The van der Waals surface area contributed by atoms with Crippen LogP contribution in [0.4, 0.5) is 0 Å². The molecule has 0 aliphatic carbocycles. The van der Waals surface area contributed by atoms with Crippen LogP contribution in [0.3, 0.4) is 0 Å².